The van der Waals surface area contributed by atoms with E-state index < -0.39 is 0 Å². The molecule has 2 rings (SSSR count). The molecule has 1 aromatic heterocycles. The van der Waals surface area contributed by atoms with E-state index in [9.17, 15) is 0 Å². The highest BCUT2D eigenvalue weighted by atomic mass is 35.5. The van der Waals surface area contributed by atoms with Crippen LogP contribution in [0.15, 0.2) is 5.51 Å². The van der Waals surface area contributed by atoms with E-state index >= 15 is 0 Å². The fourth-order valence-electron chi connectivity index (χ4n) is 1.06. The summed E-state index contributed by atoms with van der Waals surface area (Å²) in [4.78, 5) is 0. The zero-order valence-corrected chi connectivity index (χ0v) is 8.11. The van der Waals surface area contributed by atoms with Crippen molar-refractivity contribution in [3.8, 4) is 0 Å². The molecule has 5 heteroatoms. The van der Waals surface area contributed by atoms with Crippen LogP contribution in [-0.2, 0) is 0 Å². The summed E-state index contributed by atoms with van der Waals surface area (Å²) < 4.78 is 0. The molecule has 1 fully saturated rings. The van der Waals surface area contributed by atoms with Crippen molar-refractivity contribution in [1.82, 2.24) is 10.2 Å². The van der Waals surface area contributed by atoms with Gasteiger partial charge in [-0.1, -0.05) is 11.3 Å². The Kier molecular flexibility index (Phi) is 2.46. The van der Waals surface area contributed by atoms with Gasteiger partial charge in [-0.2, -0.15) is 0 Å². The number of hydrogen-bond acceptors (Lipinski definition) is 4. The quantitative estimate of drug-likeness (QED) is 0.761. The first-order valence-corrected chi connectivity index (χ1v) is 5.32. The van der Waals surface area contributed by atoms with Crippen LogP contribution < -0.4 is 5.32 Å². The van der Waals surface area contributed by atoms with Gasteiger partial charge in [-0.25, -0.2) is 0 Å². The third kappa shape index (κ3) is 2.08. The maximum absolute atomic E-state index is 6.09. The van der Waals surface area contributed by atoms with Gasteiger partial charge in [0.15, 0.2) is 0 Å². The van der Waals surface area contributed by atoms with Gasteiger partial charge in [-0.05, 0) is 18.8 Å². The largest absolute Gasteiger partial charge is 0.359 e. The number of halogens is 1. The van der Waals surface area contributed by atoms with Crippen LogP contribution in [0.4, 0.5) is 5.13 Å². The van der Waals surface area contributed by atoms with Crippen molar-refractivity contribution in [1.29, 1.82) is 0 Å². The third-order valence-electron chi connectivity index (χ3n) is 1.94. The lowest BCUT2D eigenvalue weighted by molar-refractivity contribution is 0.769. The molecule has 0 aliphatic heterocycles. The van der Waals surface area contributed by atoms with Crippen LogP contribution in [-0.4, -0.2) is 22.1 Å². The molecule has 1 aliphatic rings. The lowest BCUT2D eigenvalue weighted by Crippen LogP contribution is -2.15. The van der Waals surface area contributed by atoms with Crippen LogP contribution in [0.5, 0.6) is 0 Å². The monoisotopic (exact) mass is 203 g/mol. The molecule has 1 aromatic rings. The highest BCUT2D eigenvalue weighted by Gasteiger charge is 2.29. The topological polar surface area (TPSA) is 37.8 Å². The number of nitrogens with one attached hydrogen (secondary N) is 1. The van der Waals surface area contributed by atoms with E-state index in [1.165, 1.54) is 24.2 Å². The molecule has 0 amide bonds. The predicted octanol–water partition coefficient (Wildman–Crippen LogP) is 1.97. The standard InChI is InChI=1S/C7H10ClN3S/c8-6(5-1-2-5)3-9-7-11-10-4-12-7/h4-6H,1-3H2,(H,9,11). The minimum atomic E-state index is 0.258. The SMILES string of the molecule is ClC(CNc1nncs1)C1CC1. The molecule has 12 heavy (non-hydrogen) atoms. The third-order valence-corrected chi connectivity index (χ3v) is 3.10. The molecule has 1 unspecified atom stereocenters. The van der Waals surface area contributed by atoms with Crippen LogP contribution in [0.25, 0.3) is 0 Å². The highest BCUT2D eigenvalue weighted by molar-refractivity contribution is 7.13. The van der Waals surface area contributed by atoms with Crippen molar-refractivity contribution in [3.05, 3.63) is 5.51 Å². The summed E-state index contributed by atoms with van der Waals surface area (Å²) >= 11 is 7.59. The summed E-state index contributed by atoms with van der Waals surface area (Å²) in [5.41, 5.74) is 1.71. The van der Waals surface area contributed by atoms with Gasteiger partial charge in [0.05, 0.1) is 5.38 Å². The summed E-state index contributed by atoms with van der Waals surface area (Å²) in [5, 5.41) is 11.9. The van der Waals surface area contributed by atoms with Crippen molar-refractivity contribution in [2.75, 3.05) is 11.9 Å². The van der Waals surface area contributed by atoms with Gasteiger partial charge in [0.25, 0.3) is 0 Å². The second-order valence-corrected chi connectivity index (χ2v) is 4.37. The molecule has 0 spiro atoms. The second-order valence-electron chi connectivity index (χ2n) is 2.98. The van der Waals surface area contributed by atoms with Gasteiger partial charge < -0.3 is 5.32 Å². The average Bonchev–Trinajstić information content (AvgIpc) is 2.80. The van der Waals surface area contributed by atoms with Crippen molar-refractivity contribution in [2.45, 2.75) is 18.2 Å². The number of rotatable bonds is 4. The first-order chi connectivity index (χ1) is 5.86. The first-order valence-electron chi connectivity index (χ1n) is 4.00. The van der Waals surface area contributed by atoms with E-state index in [1.807, 2.05) is 0 Å². The average molecular weight is 204 g/mol. The Morgan fingerprint density at radius 2 is 2.58 bits per heavy atom. The van der Waals surface area contributed by atoms with Crippen LogP contribution >= 0.6 is 22.9 Å². The maximum atomic E-state index is 6.09. The van der Waals surface area contributed by atoms with Crippen LogP contribution in [0.1, 0.15) is 12.8 Å². The Morgan fingerprint density at radius 3 is 3.17 bits per heavy atom. The molecule has 1 atom stereocenters. The summed E-state index contributed by atoms with van der Waals surface area (Å²) in [6.45, 7) is 0.807. The second kappa shape index (κ2) is 3.58. The molecule has 1 N–H and O–H groups in total. The molecule has 0 saturated heterocycles. The Bertz CT molecular complexity index is 235. The Labute approximate surface area is 80.2 Å². The smallest absolute Gasteiger partial charge is 0.205 e. The lowest BCUT2D eigenvalue weighted by atomic mass is 10.3. The van der Waals surface area contributed by atoms with Crippen molar-refractivity contribution in [2.24, 2.45) is 5.92 Å². The van der Waals surface area contributed by atoms with Gasteiger partial charge in [-0.15, -0.1) is 21.8 Å². The van der Waals surface area contributed by atoms with Crippen molar-refractivity contribution in [3.63, 3.8) is 0 Å². The molecule has 1 heterocycles. The molecule has 0 aromatic carbocycles. The summed E-state index contributed by atoms with van der Waals surface area (Å²) in [6.07, 6.45) is 2.57. The summed E-state index contributed by atoms with van der Waals surface area (Å²) in [6, 6.07) is 0. The number of aromatic nitrogens is 2. The fourth-order valence-corrected chi connectivity index (χ4v) is 1.84. The maximum Gasteiger partial charge on any atom is 0.205 e. The van der Waals surface area contributed by atoms with E-state index in [-0.39, 0.29) is 5.38 Å². The number of hydrogen-bond donors (Lipinski definition) is 1. The fraction of sp³-hybridized carbons (Fsp3) is 0.714. The lowest BCUT2D eigenvalue weighted by Gasteiger charge is -2.06. The molecule has 0 bridgehead atoms. The molecular weight excluding hydrogens is 194 g/mol. The highest BCUT2D eigenvalue weighted by Crippen LogP contribution is 2.35. The first kappa shape index (κ1) is 8.26. The minimum absolute atomic E-state index is 0.258. The van der Waals surface area contributed by atoms with Crippen LogP contribution in [0, 0.1) is 5.92 Å². The Morgan fingerprint density at radius 1 is 1.75 bits per heavy atom. The van der Waals surface area contributed by atoms with Gasteiger partial charge in [0.1, 0.15) is 5.51 Å². The van der Waals surface area contributed by atoms with E-state index in [0.29, 0.717) is 0 Å². The van der Waals surface area contributed by atoms with Crippen LogP contribution in [0.2, 0.25) is 0 Å². The van der Waals surface area contributed by atoms with Crippen molar-refractivity contribution >= 4 is 28.1 Å². The minimum Gasteiger partial charge on any atom is -0.359 e. The van der Waals surface area contributed by atoms with E-state index in [4.69, 9.17) is 11.6 Å². The molecule has 0 radical (unpaired) electrons. The van der Waals surface area contributed by atoms with Gasteiger partial charge >= 0.3 is 0 Å². The molecule has 1 saturated carbocycles. The molecular formula is C7H10ClN3S. The molecule has 1 aliphatic carbocycles. The predicted molar refractivity (Wildman–Crippen MR) is 50.8 cm³/mol. The Balaban J connectivity index is 1.74. The molecule has 66 valence electrons. The van der Waals surface area contributed by atoms with Gasteiger partial charge in [0.2, 0.25) is 5.13 Å². The zero-order valence-electron chi connectivity index (χ0n) is 6.53. The number of anilines is 1. The van der Waals surface area contributed by atoms with Gasteiger partial charge in [0, 0.05) is 6.54 Å². The molecule has 3 nitrogen and oxygen atoms in total. The van der Waals surface area contributed by atoms with Crippen molar-refractivity contribution < 1.29 is 0 Å². The van der Waals surface area contributed by atoms with E-state index in [2.05, 4.69) is 15.5 Å². The van der Waals surface area contributed by atoms with Crippen LogP contribution in [0.3, 0.4) is 0 Å². The zero-order chi connectivity index (χ0) is 8.39. The van der Waals surface area contributed by atoms with E-state index in [0.717, 1.165) is 17.6 Å². The summed E-state index contributed by atoms with van der Waals surface area (Å²) in [5.74, 6) is 0.729. The normalized spacial score (nSPS) is 19.1. The number of alkyl halides is 1. The van der Waals surface area contributed by atoms with Gasteiger partial charge in [-0.3, -0.25) is 0 Å². The van der Waals surface area contributed by atoms with E-state index in [1.54, 1.807) is 5.51 Å². The summed E-state index contributed by atoms with van der Waals surface area (Å²) in [7, 11) is 0. The number of nitrogens with zero attached hydrogens (tertiary/aromatic N) is 2. The Hall–Kier alpha value is -0.350.